The number of ether oxygens (including phenoxy) is 1. The van der Waals surface area contributed by atoms with E-state index in [-0.39, 0.29) is 18.0 Å². The third-order valence-electron chi connectivity index (χ3n) is 4.93. The third kappa shape index (κ3) is 1.82. The molecule has 0 radical (unpaired) electrons. The summed E-state index contributed by atoms with van der Waals surface area (Å²) in [5, 5.41) is 0. The van der Waals surface area contributed by atoms with E-state index in [1.54, 1.807) is 0 Å². The van der Waals surface area contributed by atoms with E-state index in [0.29, 0.717) is 17.3 Å². The first kappa shape index (κ1) is 12.7. The lowest BCUT2D eigenvalue weighted by Crippen LogP contribution is -2.61. The van der Waals surface area contributed by atoms with E-state index >= 15 is 0 Å². The fourth-order valence-electron chi connectivity index (χ4n) is 3.48. The zero-order valence-corrected chi connectivity index (χ0v) is 11.6. The molecule has 0 aromatic rings. The lowest BCUT2D eigenvalue weighted by Gasteiger charge is -2.60. The monoisotopic (exact) mass is 236 g/mol. The van der Waals surface area contributed by atoms with E-state index in [1.165, 1.54) is 5.57 Å². The van der Waals surface area contributed by atoms with Gasteiger partial charge in [-0.3, -0.25) is 4.79 Å². The van der Waals surface area contributed by atoms with Crippen LogP contribution in [0.15, 0.2) is 11.6 Å². The van der Waals surface area contributed by atoms with Gasteiger partial charge in [0.25, 0.3) is 0 Å². The zero-order valence-electron chi connectivity index (χ0n) is 11.6. The lowest BCUT2D eigenvalue weighted by atomic mass is 9.47. The molecular weight excluding hydrogens is 212 g/mol. The molecule has 3 rings (SSSR count). The molecule has 0 amide bonds. The minimum absolute atomic E-state index is 0.0160. The summed E-state index contributed by atoms with van der Waals surface area (Å²) in [6.45, 7) is 10.7. The molecule has 0 saturated heterocycles. The summed E-state index contributed by atoms with van der Waals surface area (Å²) in [5.41, 5.74) is 1.71. The Morgan fingerprint density at radius 1 is 1.59 bits per heavy atom. The molecule has 0 aromatic heterocycles. The second-order valence-electron chi connectivity index (χ2n) is 6.30. The van der Waals surface area contributed by atoms with Crippen LogP contribution < -0.4 is 0 Å². The predicted molar refractivity (Wildman–Crippen MR) is 68.5 cm³/mol. The Hall–Kier alpha value is -0.790. The molecule has 0 N–H and O–H groups in total. The van der Waals surface area contributed by atoms with Gasteiger partial charge in [-0.05, 0) is 25.2 Å². The number of esters is 1. The minimum Gasteiger partial charge on any atom is -0.461 e. The Balaban J connectivity index is 2.07. The Morgan fingerprint density at radius 3 is 2.71 bits per heavy atom. The molecule has 0 spiro atoms. The van der Waals surface area contributed by atoms with Gasteiger partial charge in [0.05, 0.1) is 5.92 Å². The Labute approximate surface area is 104 Å². The van der Waals surface area contributed by atoms with Crippen LogP contribution in [0.5, 0.6) is 0 Å². The SMILES string of the molecule is CCC(C)C(=O)OC1C2CC=C(C)C1C2(C)C. The molecule has 2 bridgehead atoms. The molecule has 1 saturated carbocycles. The van der Waals surface area contributed by atoms with E-state index in [1.807, 2.05) is 13.8 Å². The number of carbonyl (C=O) groups excluding carboxylic acids is 1. The highest BCUT2D eigenvalue weighted by molar-refractivity contribution is 5.72. The number of hydrogen-bond acceptors (Lipinski definition) is 2. The van der Waals surface area contributed by atoms with E-state index in [0.717, 1.165) is 12.8 Å². The first-order chi connectivity index (χ1) is 7.89. The Bertz CT molecular complexity index is 354. The van der Waals surface area contributed by atoms with Crippen LogP contribution in [0.25, 0.3) is 0 Å². The average Bonchev–Trinajstić information content (AvgIpc) is 2.26. The summed E-state index contributed by atoms with van der Waals surface area (Å²) < 4.78 is 5.73. The standard InChI is InChI=1S/C15H24O2/c1-6-9(2)14(16)17-13-11-8-7-10(3)12(13)15(11,4)5/h7,9,11-13H,6,8H2,1-5H3. The summed E-state index contributed by atoms with van der Waals surface area (Å²) >= 11 is 0. The number of allylic oxidation sites excluding steroid dienone is 1. The van der Waals surface area contributed by atoms with Crippen molar-refractivity contribution in [3.8, 4) is 0 Å². The molecule has 1 fully saturated rings. The van der Waals surface area contributed by atoms with Gasteiger partial charge < -0.3 is 4.74 Å². The number of hydrogen-bond donors (Lipinski definition) is 0. The molecule has 4 unspecified atom stereocenters. The maximum Gasteiger partial charge on any atom is 0.308 e. The molecule has 4 atom stereocenters. The van der Waals surface area contributed by atoms with Crippen molar-refractivity contribution >= 4 is 5.97 Å². The van der Waals surface area contributed by atoms with Gasteiger partial charge in [-0.1, -0.05) is 39.3 Å². The average molecular weight is 236 g/mol. The van der Waals surface area contributed by atoms with Crippen LogP contribution >= 0.6 is 0 Å². The molecule has 0 heterocycles. The van der Waals surface area contributed by atoms with Crippen molar-refractivity contribution in [2.45, 2.75) is 53.6 Å². The second kappa shape index (κ2) is 4.15. The number of carbonyl (C=O) groups is 1. The molecule has 3 aliphatic rings. The predicted octanol–water partition coefficient (Wildman–Crippen LogP) is 3.57. The van der Waals surface area contributed by atoms with Crippen LogP contribution in [0.3, 0.4) is 0 Å². The van der Waals surface area contributed by atoms with Gasteiger partial charge in [0.15, 0.2) is 0 Å². The van der Waals surface area contributed by atoms with Crippen LogP contribution in [0.2, 0.25) is 0 Å². The smallest absolute Gasteiger partial charge is 0.308 e. The molecule has 0 aromatic carbocycles. The largest absolute Gasteiger partial charge is 0.461 e. The normalized spacial score (nSPS) is 35.6. The van der Waals surface area contributed by atoms with Gasteiger partial charge in [0, 0.05) is 11.8 Å². The van der Waals surface area contributed by atoms with Gasteiger partial charge in [-0.15, -0.1) is 0 Å². The van der Waals surface area contributed by atoms with Gasteiger partial charge >= 0.3 is 5.97 Å². The molecule has 2 heteroatoms. The highest BCUT2D eigenvalue weighted by Gasteiger charge is 2.60. The van der Waals surface area contributed by atoms with Crippen molar-refractivity contribution in [1.82, 2.24) is 0 Å². The molecular formula is C15H24O2. The van der Waals surface area contributed by atoms with Gasteiger partial charge in [-0.2, -0.15) is 0 Å². The van der Waals surface area contributed by atoms with Crippen molar-refractivity contribution < 1.29 is 9.53 Å². The maximum atomic E-state index is 11.9. The maximum absolute atomic E-state index is 11.9. The highest BCUT2D eigenvalue weighted by Crippen LogP contribution is 2.60. The molecule has 2 nitrogen and oxygen atoms in total. The van der Waals surface area contributed by atoms with Crippen LogP contribution in [-0.4, -0.2) is 12.1 Å². The van der Waals surface area contributed by atoms with Crippen LogP contribution in [-0.2, 0) is 9.53 Å². The van der Waals surface area contributed by atoms with Gasteiger partial charge in [0.1, 0.15) is 6.10 Å². The van der Waals surface area contributed by atoms with Crippen molar-refractivity contribution in [2.24, 2.45) is 23.2 Å². The summed E-state index contributed by atoms with van der Waals surface area (Å²) in [7, 11) is 0. The van der Waals surface area contributed by atoms with E-state index in [2.05, 4.69) is 26.8 Å². The summed E-state index contributed by atoms with van der Waals surface area (Å²) in [4.78, 5) is 11.9. The number of rotatable bonds is 3. The fourth-order valence-corrected chi connectivity index (χ4v) is 3.48. The molecule has 17 heavy (non-hydrogen) atoms. The number of fused-ring (bicyclic) bond motifs is 1. The first-order valence-electron chi connectivity index (χ1n) is 6.76. The molecule has 0 aliphatic heterocycles. The summed E-state index contributed by atoms with van der Waals surface area (Å²) in [5.74, 6) is 0.972. The van der Waals surface area contributed by atoms with Crippen molar-refractivity contribution in [2.75, 3.05) is 0 Å². The second-order valence-corrected chi connectivity index (χ2v) is 6.30. The van der Waals surface area contributed by atoms with Crippen molar-refractivity contribution in [3.05, 3.63) is 11.6 Å². The van der Waals surface area contributed by atoms with Gasteiger partial charge in [-0.25, -0.2) is 0 Å². The fraction of sp³-hybridized carbons (Fsp3) is 0.800. The van der Waals surface area contributed by atoms with Crippen molar-refractivity contribution in [1.29, 1.82) is 0 Å². The first-order valence-corrected chi connectivity index (χ1v) is 6.76. The minimum atomic E-state index is -0.0160. The molecule has 96 valence electrons. The Morgan fingerprint density at radius 2 is 2.24 bits per heavy atom. The van der Waals surface area contributed by atoms with E-state index in [4.69, 9.17) is 4.74 Å². The van der Waals surface area contributed by atoms with Crippen LogP contribution in [0.1, 0.15) is 47.5 Å². The summed E-state index contributed by atoms with van der Waals surface area (Å²) in [6.07, 6.45) is 4.37. The topological polar surface area (TPSA) is 26.3 Å². The van der Waals surface area contributed by atoms with Crippen LogP contribution in [0, 0.1) is 23.2 Å². The van der Waals surface area contributed by atoms with Crippen LogP contribution in [0.4, 0.5) is 0 Å². The van der Waals surface area contributed by atoms with E-state index in [9.17, 15) is 4.79 Å². The van der Waals surface area contributed by atoms with E-state index < -0.39 is 0 Å². The quantitative estimate of drug-likeness (QED) is 0.553. The highest BCUT2D eigenvalue weighted by atomic mass is 16.5. The molecule has 3 aliphatic carbocycles. The summed E-state index contributed by atoms with van der Waals surface area (Å²) in [6, 6.07) is 0. The third-order valence-corrected chi connectivity index (χ3v) is 4.93. The lowest BCUT2D eigenvalue weighted by molar-refractivity contribution is -0.195. The van der Waals surface area contributed by atoms with Gasteiger partial charge in [0.2, 0.25) is 0 Å². The van der Waals surface area contributed by atoms with Crippen molar-refractivity contribution in [3.63, 3.8) is 0 Å². The Kier molecular flexibility index (Phi) is 3.09. The zero-order chi connectivity index (χ0) is 12.8.